The summed E-state index contributed by atoms with van der Waals surface area (Å²) in [6.07, 6.45) is 0. The van der Waals surface area contributed by atoms with Crippen LogP contribution in [-0.4, -0.2) is 0 Å². The topological polar surface area (TPSA) is 0 Å². The standard InChI is InChI=1S/C14H22/c1-10(2)12-8-7-11(3)13(9-12)14(4,5)6/h7-10H,1-6H3. The first kappa shape index (κ1) is 11.3. The molecule has 0 amide bonds. The van der Waals surface area contributed by atoms with Crippen molar-refractivity contribution in [2.75, 3.05) is 0 Å². The van der Waals surface area contributed by atoms with Crippen LogP contribution in [0.3, 0.4) is 0 Å². The Bertz CT molecular complexity index is 313. The van der Waals surface area contributed by atoms with Gasteiger partial charge < -0.3 is 0 Å². The largest absolute Gasteiger partial charge is 0.0587 e. The third-order valence-corrected chi connectivity index (χ3v) is 2.74. The smallest absolute Gasteiger partial charge is 0.0129 e. The summed E-state index contributed by atoms with van der Waals surface area (Å²) in [6, 6.07) is 6.85. The maximum Gasteiger partial charge on any atom is -0.0129 e. The molecule has 0 heteroatoms. The SMILES string of the molecule is Cc1ccc(C(C)C)cc1C(C)(C)C. The zero-order valence-corrected chi connectivity index (χ0v) is 10.3. The molecule has 0 aliphatic carbocycles. The fourth-order valence-corrected chi connectivity index (χ4v) is 1.81. The average Bonchev–Trinajstić information content (AvgIpc) is 2.02. The Balaban J connectivity index is 3.22. The van der Waals surface area contributed by atoms with Gasteiger partial charge in [0.1, 0.15) is 0 Å². The molecular formula is C14H22. The summed E-state index contributed by atoms with van der Waals surface area (Å²) in [7, 11) is 0. The van der Waals surface area contributed by atoms with E-state index >= 15 is 0 Å². The Morgan fingerprint density at radius 3 is 2.07 bits per heavy atom. The van der Waals surface area contributed by atoms with E-state index in [9.17, 15) is 0 Å². The number of rotatable bonds is 1. The highest BCUT2D eigenvalue weighted by Gasteiger charge is 2.16. The molecule has 0 N–H and O–H groups in total. The Kier molecular flexibility index (Phi) is 3.04. The molecule has 0 atom stereocenters. The molecular weight excluding hydrogens is 168 g/mol. The van der Waals surface area contributed by atoms with E-state index in [-0.39, 0.29) is 5.41 Å². The third-order valence-electron chi connectivity index (χ3n) is 2.74. The van der Waals surface area contributed by atoms with Crippen LogP contribution in [0.15, 0.2) is 18.2 Å². The van der Waals surface area contributed by atoms with Crippen molar-refractivity contribution in [2.24, 2.45) is 0 Å². The highest BCUT2D eigenvalue weighted by molar-refractivity contribution is 5.36. The van der Waals surface area contributed by atoms with Crippen LogP contribution in [0.25, 0.3) is 0 Å². The summed E-state index contributed by atoms with van der Waals surface area (Å²) in [5.41, 5.74) is 4.58. The number of benzene rings is 1. The quantitative estimate of drug-likeness (QED) is 0.615. The van der Waals surface area contributed by atoms with Crippen LogP contribution in [0.4, 0.5) is 0 Å². The van der Waals surface area contributed by atoms with E-state index in [1.54, 1.807) is 0 Å². The molecule has 0 saturated carbocycles. The van der Waals surface area contributed by atoms with Crippen molar-refractivity contribution in [3.05, 3.63) is 34.9 Å². The fourth-order valence-electron chi connectivity index (χ4n) is 1.81. The van der Waals surface area contributed by atoms with Gasteiger partial charge >= 0.3 is 0 Å². The van der Waals surface area contributed by atoms with Crippen LogP contribution in [-0.2, 0) is 5.41 Å². The fraction of sp³-hybridized carbons (Fsp3) is 0.571. The van der Waals surface area contributed by atoms with Crippen molar-refractivity contribution in [2.45, 2.75) is 52.9 Å². The molecule has 1 aromatic carbocycles. The molecule has 0 bridgehead atoms. The van der Waals surface area contributed by atoms with Gasteiger partial charge in [-0.25, -0.2) is 0 Å². The van der Waals surface area contributed by atoms with Gasteiger partial charge in [-0.3, -0.25) is 0 Å². The lowest BCUT2D eigenvalue weighted by Crippen LogP contribution is -2.13. The van der Waals surface area contributed by atoms with Crippen molar-refractivity contribution in [3.8, 4) is 0 Å². The van der Waals surface area contributed by atoms with Gasteiger partial charge in [-0.15, -0.1) is 0 Å². The summed E-state index contributed by atoms with van der Waals surface area (Å²) >= 11 is 0. The molecule has 0 saturated heterocycles. The van der Waals surface area contributed by atoms with E-state index in [4.69, 9.17) is 0 Å². The van der Waals surface area contributed by atoms with Crippen molar-refractivity contribution in [1.82, 2.24) is 0 Å². The van der Waals surface area contributed by atoms with Gasteiger partial charge in [-0.1, -0.05) is 52.8 Å². The van der Waals surface area contributed by atoms with E-state index in [0.29, 0.717) is 5.92 Å². The highest BCUT2D eigenvalue weighted by Crippen LogP contribution is 2.28. The zero-order chi connectivity index (χ0) is 10.9. The Hall–Kier alpha value is -0.780. The molecule has 0 fully saturated rings. The summed E-state index contributed by atoms with van der Waals surface area (Å²) in [5.74, 6) is 0.622. The second-order valence-corrected chi connectivity index (χ2v) is 5.48. The van der Waals surface area contributed by atoms with Gasteiger partial charge in [-0.05, 0) is 34.9 Å². The molecule has 1 aromatic rings. The predicted molar refractivity (Wildman–Crippen MR) is 64.0 cm³/mol. The number of hydrogen-bond acceptors (Lipinski definition) is 0. The Morgan fingerprint density at radius 2 is 1.64 bits per heavy atom. The zero-order valence-electron chi connectivity index (χ0n) is 10.3. The first-order valence-corrected chi connectivity index (χ1v) is 5.43. The Labute approximate surface area is 88.4 Å². The van der Waals surface area contributed by atoms with Gasteiger partial charge in [0.2, 0.25) is 0 Å². The molecule has 14 heavy (non-hydrogen) atoms. The summed E-state index contributed by atoms with van der Waals surface area (Å²) in [6.45, 7) is 13.5. The van der Waals surface area contributed by atoms with Gasteiger partial charge in [0.15, 0.2) is 0 Å². The predicted octanol–water partition coefficient (Wildman–Crippen LogP) is 4.42. The maximum atomic E-state index is 2.36. The normalized spacial score (nSPS) is 12.2. The van der Waals surface area contributed by atoms with Crippen LogP contribution >= 0.6 is 0 Å². The number of hydrogen-bond donors (Lipinski definition) is 0. The molecule has 0 aliphatic heterocycles. The van der Waals surface area contributed by atoms with Crippen LogP contribution < -0.4 is 0 Å². The first-order valence-electron chi connectivity index (χ1n) is 5.43. The van der Waals surface area contributed by atoms with Crippen LogP contribution in [0, 0.1) is 6.92 Å². The second kappa shape index (κ2) is 3.76. The van der Waals surface area contributed by atoms with Crippen LogP contribution in [0.2, 0.25) is 0 Å². The third kappa shape index (κ3) is 2.37. The molecule has 78 valence electrons. The molecule has 0 nitrogen and oxygen atoms in total. The van der Waals surface area contributed by atoms with Crippen molar-refractivity contribution >= 4 is 0 Å². The molecule has 1 rings (SSSR count). The van der Waals surface area contributed by atoms with Crippen LogP contribution in [0.1, 0.15) is 57.2 Å². The summed E-state index contributed by atoms with van der Waals surface area (Å²) < 4.78 is 0. The molecule has 0 aliphatic rings. The van der Waals surface area contributed by atoms with Gasteiger partial charge in [0.25, 0.3) is 0 Å². The van der Waals surface area contributed by atoms with Crippen molar-refractivity contribution < 1.29 is 0 Å². The molecule has 0 aromatic heterocycles. The lowest BCUT2D eigenvalue weighted by atomic mass is 9.82. The van der Waals surface area contributed by atoms with Gasteiger partial charge in [0.05, 0.1) is 0 Å². The van der Waals surface area contributed by atoms with Crippen LogP contribution in [0.5, 0.6) is 0 Å². The van der Waals surface area contributed by atoms with E-state index in [1.165, 1.54) is 16.7 Å². The molecule has 0 radical (unpaired) electrons. The lowest BCUT2D eigenvalue weighted by molar-refractivity contribution is 0.584. The average molecular weight is 190 g/mol. The van der Waals surface area contributed by atoms with Crippen molar-refractivity contribution in [3.63, 3.8) is 0 Å². The summed E-state index contributed by atoms with van der Waals surface area (Å²) in [5, 5.41) is 0. The maximum absolute atomic E-state index is 2.36. The molecule has 0 spiro atoms. The lowest BCUT2D eigenvalue weighted by Gasteiger charge is -2.23. The minimum Gasteiger partial charge on any atom is -0.0587 e. The van der Waals surface area contributed by atoms with Gasteiger partial charge in [0, 0.05) is 0 Å². The number of aryl methyl sites for hydroxylation is 1. The van der Waals surface area contributed by atoms with E-state index in [1.807, 2.05) is 0 Å². The molecule has 0 unspecified atom stereocenters. The second-order valence-electron chi connectivity index (χ2n) is 5.48. The minimum atomic E-state index is 0.259. The monoisotopic (exact) mass is 190 g/mol. The first-order chi connectivity index (χ1) is 6.32. The van der Waals surface area contributed by atoms with E-state index in [2.05, 4.69) is 59.7 Å². The minimum absolute atomic E-state index is 0.259. The van der Waals surface area contributed by atoms with Gasteiger partial charge in [-0.2, -0.15) is 0 Å². The Morgan fingerprint density at radius 1 is 1.07 bits per heavy atom. The van der Waals surface area contributed by atoms with E-state index < -0.39 is 0 Å². The van der Waals surface area contributed by atoms with Crippen molar-refractivity contribution in [1.29, 1.82) is 0 Å². The van der Waals surface area contributed by atoms with E-state index in [0.717, 1.165) is 0 Å². The molecule has 0 heterocycles. The highest BCUT2D eigenvalue weighted by atomic mass is 14.2. The summed E-state index contributed by atoms with van der Waals surface area (Å²) in [4.78, 5) is 0.